The fourth-order valence-corrected chi connectivity index (χ4v) is 3.29. The summed E-state index contributed by atoms with van der Waals surface area (Å²) >= 11 is 1.88. The van der Waals surface area contributed by atoms with Gasteiger partial charge in [-0.1, -0.05) is 25.1 Å². The van der Waals surface area contributed by atoms with Crippen LogP contribution in [-0.2, 0) is 0 Å². The number of thioether (sulfide) groups is 1. The van der Waals surface area contributed by atoms with Crippen LogP contribution in [0, 0.1) is 0 Å². The number of rotatable bonds is 3. The Morgan fingerprint density at radius 3 is 2.81 bits per heavy atom. The Hall–Kier alpha value is -0.220. The van der Waals surface area contributed by atoms with Gasteiger partial charge >= 0.3 is 0 Å². The highest BCUT2D eigenvalue weighted by molar-refractivity contribution is 8.14. The summed E-state index contributed by atoms with van der Waals surface area (Å²) in [7, 11) is 0. The van der Waals surface area contributed by atoms with Crippen molar-refractivity contribution in [1.29, 1.82) is 0 Å². The molecule has 92 valence electrons. The summed E-state index contributed by atoms with van der Waals surface area (Å²) in [4.78, 5) is 7.07. The third kappa shape index (κ3) is 3.67. The largest absolute Gasteiger partial charge is 0.361 e. The van der Waals surface area contributed by atoms with E-state index < -0.39 is 0 Å². The van der Waals surface area contributed by atoms with Crippen LogP contribution in [0.4, 0.5) is 0 Å². The van der Waals surface area contributed by atoms with E-state index >= 15 is 0 Å². The van der Waals surface area contributed by atoms with Crippen molar-refractivity contribution in [1.82, 2.24) is 10.2 Å². The molecule has 1 fully saturated rings. The maximum absolute atomic E-state index is 4.50. The third-order valence-electron chi connectivity index (χ3n) is 3.16. The highest BCUT2D eigenvalue weighted by atomic mass is 32.2. The first-order chi connectivity index (χ1) is 7.74. The van der Waals surface area contributed by atoms with Crippen molar-refractivity contribution in [2.45, 2.75) is 44.4 Å². The highest BCUT2D eigenvalue weighted by Gasteiger charge is 2.18. The minimum atomic E-state index is 0.523. The van der Waals surface area contributed by atoms with E-state index in [4.69, 9.17) is 0 Å². The number of hydrogen-bond acceptors (Lipinski definition) is 4. The van der Waals surface area contributed by atoms with Gasteiger partial charge in [0.05, 0.1) is 6.54 Å². The first-order valence-electron chi connectivity index (χ1n) is 6.44. The number of nitrogens with zero attached hydrogens (tertiary/aromatic N) is 2. The maximum Gasteiger partial charge on any atom is 0.157 e. The topological polar surface area (TPSA) is 27.6 Å². The second-order valence-corrected chi connectivity index (χ2v) is 6.41. The van der Waals surface area contributed by atoms with Gasteiger partial charge in [-0.3, -0.25) is 4.99 Å². The molecule has 2 heterocycles. The van der Waals surface area contributed by atoms with Gasteiger partial charge in [-0.25, -0.2) is 0 Å². The molecule has 0 spiro atoms. The molecule has 0 radical (unpaired) electrons. The summed E-state index contributed by atoms with van der Waals surface area (Å²) in [6.45, 7) is 9.19. The monoisotopic (exact) mass is 241 g/mol. The lowest BCUT2D eigenvalue weighted by molar-refractivity contribution is 0.215. The Morgan fingerprint density at radius 2 is 2.19 bits per heavy atom. The Balaban J connectivity index is 1.69. The van der Waals surface area contributed by atoms with Crippen molar-refractivity contribution in [2.24, 2.45) is 4.99 Å². The van der Waals surface area contributed by atoms with Crippen LogP contribution in [0.15, 0.2) is 4.99 Å². The number of nitrogens with one attached hydrogen (secondary N) is 1. The second kappa shape index (κ2) is 5.92. The molecular formula is C12H23N3S. The summed E-state index contributed by atoms with van der Waals surface area (Å²) in [6.07, 6.45) is 4.16. The fourth-order valence-electron chi connectivity index (χ4n) is 2.34. The van der Waals surface area contributed by atoms with E-state index in [1.54, 1.807) is 0 Å². The zero-order chi connectivity index (χ0) is 11.4. The molecule has 2 unspecified atom stereocenters. The maximum atomic E-state index is 4.50. The predicted molar refractivity (Wildman–Crippen MR) is 72.2 cm³/mol. The molecule has 2 aliphatic rings. The third-order valence-corrected chi connectivity index (χ3v) is 4.18. The van der Waals surface area contributed by atoms with Crippen molar-refractivity contribution < 1.29 is 0 Å². The zero-order valence-corrected chi connectivity index (χ0v) is 11.2. The van der Waals surface area contributed by atoms with E-state index in [-0.39, 0.29) is 0 Å². The van der Waals surface area contributed by atoms with Crippen molar-refractivity contribution in [3.05, 3.63) is 0 Å². The van der Waals surface area contributed by atoms with Crippen LogP contribution in [-0.4, -0.2) is 47.5 Å². The van der Waals surface area contributed by atoms with E-state index in [0.29, 0.717) is 11.3 Å². The van der Waals surface area contributed by atoms with Crippen LogP contribution in [0.2, 0.25) is 0 Å². The van der Waals surface area contributed by atoms with Crippen molar-refractivity contribution >= 4 is 16.9 Å². The molecule has 1 saturated heterocycles. The van der Waals surface area contributed by atoms with Gasteiger partial charge in [-0.2, -0.15) is 0 Å². The summed E-state index contributed by atoms with van der Waals surface area (Å²) in [6, 6.07) is 0.523. The predicted octanol–water partition coefficient (Wildman–Crippen LogP) is 1.94. The lowest BCUT2D eigenvalue weighted by Crippen LogP contribution is -2.42. The quantitative estimate of drug-likeness (QED) is 0.818. The molecule has 0 aromatic rings. The van der Waals surface area contributed by atoms with Crippen LogP contribution >= 0.6 is 11.8 Å². The lowest BCUT2D eigenvalue weighted by atomic mass is 10.1. The average Bonchev–Trinajstić information content (AvgIpc) is 2.65. The fraction of sp³-hybridized carbons (Fsp3) is 0.917. The standard InChI is InChI=1S/C12H23N3S/c1-10(9-15-6-4-3-5-7-15)14-12-13-8-11(2)16-12/h10-11H,3-9H2,1-2H3,(H,13,14). The van der Waals surface area contributed by atoms with Gasteiger partial charge in [0.2, 0.25) is 0 Å². The molecule has 16 heavy (non-hydrogen) atoms. The molecule has 0 bridgehead atoms. The Bertz CT molecular complexity index is 249. The molecular weight excluding hydrogens is 218 g/mol. The van der Waals surface area contributed by atoms with Crippen LogP contribution in [0.5, 0.6) is 0 Å². The molecule has 1 N–H and O–H groups in total. The van der Waals surface area contributed by atoms with Gasteiger partial charge < -0.3 is 10.2 Å². The minimum Gasteiger partial charge on any atom is -0.361 e. The van der Waals surface area contributed by atoms with Crippen molar-refractivity contribution in [3.63, 3.8) is 0 Å². The molecule has 2 aliphatic heterocycles. The minimum absolute atomic E-state index is 0.523. The van der Waals surface area contributed by atoms with E-state index in [1.165, 1.54) is 32.4 Å². The molecule has 4 heteroatoms. The summed E-state index contributed by atoms with van der Waals surface area (Å²) < 4.78 is 0. The number of aliphatic imine (C=N–C) groups is 1. The molecule has 0 amide bonds. The van der Waals surface area contributed by atoms with Crippen LogP contribution < -0.4 is 5.32 Å². The molecule has 0 saturated carbocycles. The molecule has 0 aromatic carbocycles. The van der Waals surface area contributed by atoms with E-state index in [2.05, 4.69) is 29.1 Å². The number of amidine groups is 1. The molecule has 2 atom stereocenters. The van der Waals surface area contributed by atoms with Crippen LogP contribution in [0.1, 0.15) is 33.1 Å². The molecule has 0 aromatic heterocycles. The van der Waals surface area contributed by atoms with E-state index in [1.807, 2.05) is 11.8 Å². The van der Waals surface area contributed by atoms with E-state index in [9.17, 15) is 0 Å². The van der Waals surface area contributed by atoms with Gasteiger partial charge in [-0.05, 0) is 32.9 Å². The average molecular weight is 241 g/mol. The van der Waals surface area contributed by atoms with Gasteiger partial charge in [0.1, 0.15) is 0 Å². The highest BCUT2D eigenvalue weighted by Crippen LogP contribution is 2.19. The van der Waals surface area contributed by atoms with Crippen LogP contribution in [0.25, 0.3) is 0 Å². The summed E-state index contributed by atoms with van der Waals surface area (Å²) in [5.74, 6) is 0. The first kappa shape index (κ1) is 12.2. The van der Waals surface area contributed by atoms with Gasteiger partial charge in [-0.15, -0.1) is 0 Å². The van der Waals surface area contributed by atoms with Crippen molar-refractivity contribution in [2.75, 3.05) is 26.2 Å². The number of piperidine rings is 1. The normalized spacial score (nSPS) is 28.9. The molecule has 3 nitrogen and oxygen atoms in total. The summed E-state index contributed by atoms with van der Waals surface area (Å²) in [5, 5.41) is 5.33. The van der Waals surface area contributed by atoms with E-state index in [0.717, 1.165) is 18.3 Å². The number of likely N-dealkylation sites (tertiary alicyclic amines) is 1. The van der Waals surface area contributed by atoms with Gasteiger partial charge in [0, 0.05) is 17.8 Å². The SMILES string of the molecule is CC(CN1CCCCC1)NC1=NCC(C)S1. The zero-order valence-electron chi connectivity index (χ0n) is 10.4. The molecule has 2 rings (SSSR count). The Labute approximate surface area is 103 Å². The first-order valence-corrected chi connectivity index (χ1v) is 7.32. The van der Waals surface area contributed by atoms with Gasteiger partial charge in [0.15, 0.2) is 5.17 Å². The number of hydrogen-bond donors (Lipinski definition) is 1. The van der Waals surface area contributed by atoms with Gasteiger partial charge in [0.25, 0.3) is 0 Å². The molecule has 0 aliphatic carbocycles. The van der Waals surface area contributed by atoms with Crippen molar-refractivity contribution in [3.8, 4) is 0 Å². The summed E-state index contributed by atoms with van der Waals surface area (Å²) in [5.41, 5.74) is 0. The Kier molecular flexibility index (Phi) is 4.53. The lowest BCUT2D eigenvalue weighted by Gasteiger charge is -2.29. The smallest absolute Gasteiger partial charge is 0.157 e. The Morgan fingerprint density at radius 1 is 1.44 bits per heavy atom. The second-order valence-electron chi connectivity index (χ2n) is 4.98. The van der Waals surface area contributed by atoms with Crippen LogP contribution in [0.3, 0.4) is 0 Å².